The topological polar surface area (TPSA) is 89.4 Å². The Hall–Kier alpha value is -3.24. The highest BCUT2D eigenvalue weighted by Gasteiger charge is 2.28. The van der Waals surface area contributed by atoms with Crippen molar-refractivity contribution >= 4 is 22.9 Å². The third-order valence-electron chi connectivity index (χ3n) is 4.58. The number of thiophene rings is 1. The summed E-state index contributed by atoms with van der Waals surface area (Å²) in [5.74, 6) is -3.55. The van der Waals surface area contributed by atoms with E-state index in [1.54, 1.807) is 28.1 Å². The van der Waals surface area contributed by atoms with E-state index < -0.39 is 18.4 Å². The summed E-state index contributed by atoms with van der Waals surface area (Å²) in [6.07, 6.45) is 4.90. The van der Waals surface area contributed by atoms with Crippen LogP contribution in [0.5, 0.6) is 0 Å². The number of carbonyl (C=O) groups excluding carboxylic acids is 1. The minimum absolute atomic E-state index is 0.0301. The highest BCUT2D eigenvalue weighted by Crippen LogP contribution is 2.27. The zero-order chi connectivity index (χ0) is 22.0. The van der Waals surface area contributed by atoms with Gasteiger partial charge in [0.05, 0.1) is 34.6 Å². The summed E-state index contributed by atoms with van der Waals surface area (Å²) in [7, 11) is 0. The highest BCUT2D eigenvalue weighted by molar-refractivity contribution is 7.13. The van der Waals surface area contributed by atoms with Crippen molar-refractivity contribution in [2.45, 2.75) is 12.8 Å². The number of alkyl halides is 2. The van der Waals surface area contributed by atoms with Gasteiger partial charge < -0.3 is 10.6 Å². The Morgan fingerprint density at radius 2 is 2.13 bits per heavy atom. The molecule has 0 aliphatic heterocycles. The summed E-state index contributed by atoms with van der Waals surface area (Å²) in [6, 6.07) is 8.87. The maximum Gasteiger partial charge on any atom is 0.262 e. The third-order valence-corrected chi connectivity index (χ3v) is 5.47. The monoisotopic (exact) mass is 442 g/mol. The van der Waals surface area contributed by atoms with E-state index in [1.165, 1.54) is 12.3 Å². The summed E-state index contributed by atoms with van der Waals surface area (Å²) in [5, 5.41) is 6.29. The maximum atomic E-state index is 13.5. The molecule has 0 saturated heterocycles. The van der Waals surface area contributed by atoms with Gasteiger partial charge in [0.15, 0.2) is 5.65 Å². The first-order valence-electron chi connectivity index (χ1n) is 9.57. The van der Waals surface area contributed by atoms with Crippen LogP contribution in [0.4, 0.5) is 8.78 Å². The summed E-state index contributed by atoms with van der Waals surface area (Å²) in [6.45, 7) is 0.187. The number of pyridine rings is 1. The number of hydrogen-bond donors (Lipinski definition) is 1. The lowest BCUT2D eigenvalue weighted by Gasteiger charge is -2.25. The number of hydrogen-bond acceptors (Lipinski definition) is 6. The van der Waals surface area contributed by atoms with E-state index in [9.17, 15) is 13.6 Å². The fraction of sp³-hybridized carbons (Fsp3) is 0.238. The summed E-state index contributed by atoms with van der Waals surface area (Å²) in [4.78, 5) is 24.0. The Balaban J connectivity index is 1.70. The molecule has 0 radical (unpaired) electrons. The molecule has 0 fully saturated rings. The molecule has 0 unspecified atom stereocenters. The van der Waals surface area contributed by atoms with Crippen molar-refractivity contribution in [3.63, 3.8) is 0 Å². The van der Waals surface area contributed by atoms with E-state index in [0.717, 1.165) is 22.4 Å². The number of nitrogens with two attached hydrogens (primary N) is 1. The Kier molecular flexibility index (Phi) is 5.75. The second-order valence-corrected chi connectivity index (χ2v) is 8.08. The summed E-state index contributed by atoms with van der Waals surface area (Å²) < 4.78 is 28.7. The first-order valence-corrected chi connectivity index (χ1v) is 10.5. The van der Waals surface area contributed by atoms with Crippen LogP contribution in [0.25, 0.3) is 27.5 Å². The molecule has 0 saturated carbocycles. The van der Waals surface area contributed by atoms with Crippen LogP contribution in [-0.2, 0) is 0 Å². The molecule has 160 valence electrons. The largest absolute Gasteiger partial charge is 0.331 e. The van der Waals surface area contributed by atoms with Crippen LogP contribution in [0.15, 0.2) is 54.3 Å². The molecule has 10 heteroatoms. The fourth-order valence-corrected chi connectivity index (χ4v) is 3.94. The van der Waals surface area contributed by atoms with Crippen molar-refractivity contribution in [1.82, 2.24) is 24.5 Å². The molecule has 2 N–H and O–H groups in total. The number of fused-ring (bicyclic) bond motifs is 1. The summed E-state index contributed by atoms with van der Waals surface area (Å²) >= 11 is 1.58. The molecular weight excluding hydrogens is 422 g/mol. The minimum Gasteiger partial charge on any atom is -0.331 e. The Morgan fingerprint density at radius 1 is 1.29 bits per heavy atom. The SMILES string of the molecule is CC(F)(F)CN(CCN)C(=O)c1ccnc(-c2cnn3ccc(-c4cccs4)nc23)c1. The van der Waals surface area contributed by atoms with Gasteiger partial charge >= 0.3 is 0 Å². The number of halogens is 2. The Morgan fingerprint density at radius 3 is 2.84 bits per heavy atom. The average molecular weight is 442 g/mol. The highest BCUT2D eigenvalue weighted by atomic mass is 32.1. The number of nitrogens with zero attached hydrogens (tertiary/aromatic N) is 5. The predicted octanol–water partition coefficient (Wildman–Crippen LogP) is 3.58. The molecule has 0 atom stereocenters. The van der Waals surface area contributed by atoms with Gasteiger partial charge in [-0.3, -0.25) is 9.78 Å². The van der Waals surface area contributed by atoms with Crippen LogP contribution in [0.3, 0.4) is 0 Å². The molecule has 4 aromatic heterocycles. The van der Waals surface area contributed by atoms with Gasteiger partial charge in [-0.2, -0.15) is 5.10 Å². The van der Waals surface area contributed by atoms with Crippen molar-refractivity contribution in [1.29, 1.82) is 0 Å². The average Bonchev–Trinajstić information content (AvgIpc) is 3.41. The van der Waals surface area contributed by atoms with Gasteiger partial charge in [-0.1, -0.05) is 6.07 Å². The first kappa shape index (κ1) is 21.0. The van der Waals surface area contributed by atoms with E-state index in [2.05, 4.69) is 10.1 Å². The molecule has 0 aromatic carbocycles. The van der Waals surface area contributed by atoms with Crippen molar-refractivity contribution in [2.24, 2.45) is 5.73 Å². The number of aromatic nitrogens is 4. The molecule has 0 bridgehead atoms. The van der Waals surface area contributed by atoms with Crippen molar-refractivity contribution in [2.75, 3.05) is 19.6 Å². The van der Waals surface area contributed by atoms with Crippen LogP contribution in [0, 0.1) is 0 Å². The number of rotatable bonds is 7. The fourth-order valence-electron chi connectivity index (χ4n) is 3.25. The van der Waals surface area contributed by atoms with Gasteiger partial charge in [0.2, 0.25) is 0 Å². The molecule has 0 aliphatic rings. The number of amides is 1. The molecule has 31 heavy (non-hydrogen) atoms. The van der Waals surface area contributed by atoms with Crippen molar-refractivity contribution < 1.29 is 13.6 Å². The predicted molar refractivity (Wildman–Crippen MR) is 115 cm³/mol. The Bertz CT molecular complexity index is 1200. The standard InChI is InChI=1S/C21H20F2N6OS/c1-21(22,23)13-28(9-6-24)20(30)14-4-7-25-17(11-14)15-12-26-29-8-5-16(27-19(15)29)18-3-2-10-31-18/h2-5,7-8,10-12H,6,9,13,24H2,1H3. The van der Waals surface area contributed by atoms with Gasteiger partial charge in [-0.15, -0.1) is 11.3 Å². The molecule has 1 amide bonds. The van der Waals surface area contributed by atoms with Crippen LogP contribution >= 0.6 is 11.3 Å². The lowest BCUT2D eigenvalue weighted by molar-refractivity contribution is -0.0103. The van der Waals surface area contributed by atoms with Crippen molar-refractivity contribution in [3.8, 4) is 21.8 Å². The van der Waals surface area contributed by atoms with E-state index in [4.69, 9.17) is 10.7 Å². The zero-order valence-electron chi connectivity index (χ0n) is 16.7. The van der Waals surface area contributed by atoms with Gasteiger partial charge in [-0.05, 0) is 29.6 Å². The third kappa shape index (κ3) is 4.59. The van der Waals surface area contributed by atoms with Gasteiger partial charge in [0.1, 0.15) is 0 Å². The molecule has 4 aromatic rings. The smallest absolute Gasteiger partial charge is 0.262 e. The quantitative estimate of drug-likeness (QED) is 0.473. The molecule has 0 spiro atoms. The van der Waals surface area contributed by atoms with Gasteiger partial charge in [0.25, 0.3) is 11.8 Å². The summed E-state index contributed by atoms with van der Waals surface area (Å²) in [5.41, 5.74) is 8.27. The minimum atomic E-state index is -3.02. The van der Waals surface area contributed by atoms with Gasteiger partial charge in [-0.25, -0.2) is 18.3 Å². The lowest BCUT2D eigenvalue weighted by atomic mass is 10.1. The van der Waals surface area contributed by atoms with E-state index >= 15 is 0 Å². The molecule has 0 aliphatic carbocycles. The number of carbonyl (C=O) groups is 1. The van der Waals surface area contributed by atoms with Crippen LogP contribution in [-0.4, -0.2) is 55.9 Å². The van der Waals surface area contributed by atoms with Crippen LogP contribution in [0.1, 0.15) is 17.3 Å². The van der Waals surface area contributed by atoms with Crippen molar-refractivity contribution in [3.05, 3.63) is 59.9 Å². The second-order valence-electron chi connectivity index (χ2n) is 7.13. The first-order chi connectivity index (χ1) is 14.9. The molecular formula is C21H20F2N6OS. The normalized spacial score (nSPS) is 11.7. The molecule has 4 heterocycles. The lowest BCUT2D eigenvalue weighted by Crippen LogP contribution is -2.42. The zero-order valence-corrected chi connectivity index (χ0v) is 17.5. The van der Waals surface area contributed by atoms with E-state index in [0.29, 0.717) is 16.9 Å². The van der Waals surface area contributed by atoms with Crippen LogP contribution < -0.4 is 5.73 Å². The second kappa shape index (κ2) is 8.48. The maximum absolute atomic E-state index is 13.5. The van der Waals surface area contributed by atoms with Crippen LogP contribution in [0.2, 0.25) is 0 Å². The molecule has 7 nitrogen and oxygen atoms in total. The molecule has 4 rings (SSSR count). The van der Waals surface area contributed by atoms with E-state index in [-0.39, 0.29) is 18.7 Å². The Labute approximate surface area is 181 Å². The van der Waals surface area contributed by atoms with Gasteiger partial charge in [0, 0.05) is 38.0 Å². The van der Waals surface area contributed by atoms with E-state index in [1.807, 2.05) is 29.8 Å².